The molecule has 0 saturated carbocycles. The van der Waals surface area contributed by atoms with E-state index in [1.165, 1.54) is 5.56 Å². The number of carbonyl (C=O) groups is 1. The van der Waals surface area contributed by atoms with Crippen LogP contribution in [0.25, 0.3) is 17.2 Å². The van der Waals surface area contributed by atoms with Crippen molar-refractivity contribution in [3.63, 3.8) is 0 Å². The molecular weight excluding hydrogens is 334 g/mol. The molecule has 0 bridgehead atoms. The Morgan fingerprint density at radius 3 is 2.30 bits per heavy atom. The zero-order chi connectivity index (χ0) is 18.6. The zero-order valence-corrected chi connectivity index (χ0v) is 15.2. The number of hydrogen-bond acceptors (Lipinski definition) is 2. The van der Waals surface area contributed by atoms with Crippen LogP contribution in [-0.2, 0) is 4.74 Å². The van der Waals surface area contributed by atoms with Gasteiger partial charge in [-0.2, -0.15) is 0 Å². The van der Waals surface area contributed by atoms with Gasteiger partial charge in [-0.05, 0) is 40.8 Å². The predicted octanol–water partition coefficient (Wildman–Crippen LogP) is 5.89. The maximum Gasteiger partial charge on any atom is 0.414 e. The maximum atomic E-state index is 12.5. The molecule has 4 rings (SSSR count). The molecule has 1 aliphatic rings. The van der Waals surface area contributed by atoms with E-state index in [1.807, 2.05) is 49.5 Å². The lowest BCUT2D eigenvalue weighted by atomic mass is 9.90. The smallest absolute Gasteiger partial charge is 0.414 e. The normalized spacial score (nSPS) is 15.3. The summed E-state index contributed by atoms with van der Waals surface area (Å²) in [4.78, 5) is 14.2. The van der Waals surface area contributed by atoms with Gasteiger partial charge in [-0.15, -0.1) is 0 Å². The number of benzene rings is 3. The Hall–Kier alpha value is -3.33. The lowest BCUT2D eigenvalue weighted by molar-refractivity contribution is 0.114. The van der Waals surface area contributed by atoms with Gasteiger partial charge in [0.05, 0.1) is 12.6 Å². The second-order valence-electron chi connectivity index (χ2n) is 6.44. The van der Waals surface area contributed by atoms with E-state index < -0.39 is 0 Å². The van der Waals surface area contributed by atoms with Crippen molar-refractivity contribution in [1.82, 2.24) is 4.90 Å². The molecule has 0 aliphatic carbocycles. The van der Waals surface area contributed by atoms with Crippen molar-refractivity contribution in [2.45, 2.75) is 13.0 Å². The van der Waals surface area contributed by atoms with Gasteiger partial charge in [0.25, 0.3) is 0 Å². The minimum Gasteiger partial charge on any atom is -0.449 e. The van der Waals surface area contributed by atoms with Crippen LogP contribution in [0.3, 0.4) is 0 Å². The van der Waals surface area contributed by atoms with E-state index in [4.69, 9.17) is 4.74 Å². The van der Waals surface area contributed by atoms with E-state index in [0.29, 0.717) is 6.61 Å². The molecule has 134 valence electrons. The third-order valence-corrected chi connectivity index (χ3v) is 4.80. The molecule has 3 nitrogen and oxygen atoms in total. The number of rotatable bonds is 3. The monoisotopic (exact) mass is 355 g/mol. The Labute approximate surface area is 159 Å². The second-order valence-corrected chi connectivity index (χ2v) is 6.44. The highest BCUT2D eigenvalue weighted by molar-refractivity contribution is 5.75. The fraction of sp³-hybridized carbons (Fsp3) is 0.125. The first kappa shape index (κ1) is 17.1. The van der Waals surface area contributed by atoms with E-state index in [0.717, 1.165) is 22.3 Å². The molecule has 1 atom stereocenters. The minimum absolute atomic E-state index is 0.199. The lowest BCUT2D eigenvalue weighted by Gasteiger charge is -2.33. The lowest BCUT2D eigenvalue weighted by Crippen LogP contribution is -2.33. The van der Waals surface area contributed by atoms with E-state index in [9.17, 15) is 4.79 Å². The first-order valence-electron chi connectivity index (χ1n) is 9.15. The zero-order valence-electron chi connectivity index (χ0n) is 15.2. The number of carbonyl (C=O) groups excluding carboxylic acids is 1. The first-order chi connectivity index (χ1) is 13.3. The van der Waals surface area contributed by atoms with Crippen LogP contribution in [0, 0.1) is 0 Å². The second kappa shape index (κ2) is 7.50. The highest BCUT2D eigenvalue weighted by atomic mass is 16.6. The van der Waals surface area contributed by atoms with Crippen molar-refractivity contribution in [2.75, 3.05) is 6.61 Å². The summed E-state index contributed by atoms with van der Waals surface area (Å²) >= 11 is 0. The third-order valence-electron chi connectivity index (χ3n) is 4.80. The van der Waals surface area contributed by atoms with Gasteiger partial charge in [0, 0.05) is 6.20 Å². The van der Waals surface area contributed by atoms with Crippen molar-refractivity contribution in [2.24, 2.45) is 0 Å². The number of amides is 1. The summed E-state index contributed by atoms with van der Waals surface area (Å²) in [5.41, 5.74) is 5.60. The summed E-state index contributed by atoms with van der Waals surface area (Å²) in [5, 5.41) is 0. The fourth-order valence-corrected chi connectivity index (χ4v) is 3.50. The Morgan fingerprint density at radius 1 is 0.889 bits per heavy atom. The molecule has 1 heterocycles. The molecule has 0 fully saturated rings. The summed E-state index contributed by atoms with van der Waals surface area (Å²) in [5.74, 6) is 0. The van der Waals surface area contributed by atoms with Gasteiger partial charge in [-0.25, -0.2) is 4.79 Å². The van der Waals surface area contributed by atoms with Gasteiger partial charge < -0.3 is 4.74 Å². The van der Waals surface area contributed by atoms with E-state index in [-0.39, 0.29) is 12.1 Å². The predicted molar refractivity (Wildman–Crippen MR) is 108 cm³/mol. The summed E-state index contributed by atoms with van der Waals surface area (Å²) in [6.45, 7) is 2.17. The van der Waals surface area contributed by atoms with Gasteiger partial charge in [-0.3, -0.25) is 4.90 Å². The average Bonchev–Trinajstić information content (AvgIpc) is 2.74. The molecule has 0 radical (unpaired) electrons. The molecule has 3 heteroatoms. The Morgan fingerprint density at radius 2 is 1.56 bits per heavy atom. The van der Waals surface area contributed by atoms with Gasteiger partial charge >= 0.3 is 6.09 Å². The highest BCUT2D eigenvalue weighted by Crippen LogP contribution is 2.36. The molecule has 0 N–H and O–H groups in total. The van der Waals surface area contributed by atoms with Crippen LogP contribution in [0.5, 0.6) is 0 Å². The highest BCUT2D eigenvalue weighted by Gasteiger charge is 2.30. The van der Waals surface area contributed by atoms with Crippen LogP contribution in [0.1, 0.15) is 29.7 Å². The largest absolute Gasteiger partial charge is 0.449 e. The first-order valence-corrected chi connectivity index (χ1v) is 9.15. The summed E-state index contributed by atoms with van der Waals surface area (Å²) in [7, 11) is 0. The number of hydrogen-bond donors (Lipinski definition) is 0. The van der Waals surface area contributed by atoms with Crippen molar-refractivity contribution in [3.8, 4) is 11.1 Å². The van der Waals surface area contributed by atoms with E-state index in [2.05, 4.69) is 48.5 Å². The van der Waals surface area contributed by atoms with Crippen molar-refractivity contribution in [1.29, 1.82) is 0 Å². The Kier molecular flexibility index (Phi) is 4.75. The SMILES string of the molecule is CCOC(=O)N1C=Cc2ccccc2C1c1ccc(-c2ccccc2)cc1. The molecule has 1 aliphatic heterocycles. The maximum absolute atomic E-state index is 12.5. The number of ether oxygens (including phenoxy) is 1. The average molecular weight is 355 g/mol. The Balaban J connectivity index is 1.74. The summed E-state index contributed by atoms with van der Waals surface area (Å²) in [6, 6.07) is 26.6. The molecule has 0 saturated heterocycles. The molecule has 3 aromatic carbocycles. The van der Waals surface area contributed by atoms with Crippen LogP contribution < -0.4 is 0 Å². The van der Waals surface area contributed by atoms with Crippen LogP contribution in [0.2, 0.25) is 0 Å². The molecule has 27 heavy (non-hydrogen) atoms. The van der Waals surface area contributed by atoms with Crippen LogP contribution in [-0.4, -0.2) is 17.6 Å². The van der Waals surface area contributed by atoms with Crippen molar-refractivity contribution in [3.05, 3.63) is 102 Å². The quantitative estimate of drug-likeness (QED) is 0.586. The molecule has 1 unspecified atom stereocenters. The van der Waals surface area contributed by atoms with Crippen molar-refractivity contribution < 1.29 is 9.53 Å². The van der Waals surface area contributed by atoms with Gasteiger partial charge in [0.15, 0.2) is 0 Å². The fourth-order valence-electron chi connectivity index (χ4n) is 3.50. The number of nitrogens with zero attached hydrogens (tertiary/aromatic N) is 1. The molecule has 3 aromatic rings. The van der Waals surface area contributed by atoms with Crippen LogP contribution >= 0.6 is 0 Å². The molecular formula is C24H21NO2. The third kappa shape index (κ3) is 3.36. The van der Waals surface area contributed by atoms with E-state index >= 15 is 0 Å². The molecule has 1 amide bonds. The molecule has 0 aromatic heterocycles. The minimum atomic E-state index is -0.333. The molecule has 0 spiro atoms. The van der Waals surface area contributed by atoms with Crippen LogP contribution in [0.4, 0.5) is 4.79 Å². The van der Waals surface area contributed by atoms with Gasteiger partial charge in [-0.1, -0.05) is 78.9 Å². The van der Waals surface area contributed by atoms with Gasteiger partial charge in [0.1, 0.15) is 0 Å². The van der Waals surface area contributed by atoms with Crippen molar-refractivity contribution >= 4 is 12.2 Å². The van der Waals surface area contributed by atoms with Gasteiger partial charge in [0.2, 0.25) is 0 Å². The topological polar surface area (TPSA) is 29.5 Å². The standard InChI is InChI=1S/C24H21NO2/c1-2-27-24(26)25-17-16-20-10-6-7-11-22(20)23(25)21-14-12-19(13-15-21)18-8-4-3-5-9-18/h3-17,23H,2H2,1H3. The summed E-state index contributed by atoms with van der Waals surface area (Å²) < 4.78 is 5.28. The summed E-state index contributed by atoms with van der Waals surface area (Å²) in [6.07, 6.45) is 3.44. The van der Waals surface area contributed by atoms with Crippen LogP contribution in [0.15, 0.2) is 85.1 Å². The number of fused-ring (bicyclic) bond motifs is 1. The van der Waals surface area contributed by atoms with E-state index in [1.54, 1.807) is 4.90 Å². The Bertz CT molecular complexity index is 961.